The van der Waals surface area contributed by atoms with Crippen molar-refractivity contribution in [3.05, 3.63) is 24.0 Å². The highest BCUT2D eigenvalue weighted by atomic mass is 32.2. The van der Waals surface area contributed by atoms with Crippen LogP contribution in [0.15, 0.2) is 18.2 Å². The van der Waals surface area contributed by atoms with Gasteiger partial charge in [0.15, 0.2) is 0 Å². The van der Waals surface area contributed by atoms with Crippen molar-refractivity contribution in [3.63, 3.8) is 0 Å². The average molecular weight is 284 g/mol. The van der Waals surface area contributed by atoms with Gasteiger partial charge in [-0.15, -0.1) is 0 Å². The quantitative estimate of drug-likeness (QED) is 0.621. The number of thioether (sulfide) groups is 1. The minimum absolute atomic E-state index is 0.0937. The maximum Gasteiger partial charge on any atom is 0.224 e. The first-order valence-corrected chi connectivity index (χ1v) is 7.24. The fourth-order valence-electron chi connectivity index (χ4n) is 1.65. The Bertz CT molecular complexity index is 452. The summed E-state index contributed by atoms with van der Waals surface area (Å²) in [5.41, 5.74) is 6.33. The number of carbonyl (C=O) groups excluding carboxylic acids is 1. The van der Waals surface area contributed by atoms with Crippen LogP contribution in [0.5, 0.6) is 0 Å². The van der Waals surface area contributed by atoms with E-state index in [0.717, 1.165) is 25.4 Å². The van der Waals surface area contributed by atoms with Gasteiger partial charge in [0.05, 0.1) is 29.8 Å². The first-order chi connectivity index (χ1) is 9.15. The second-order valence-electron chi connectivity index (χ2n) is 4.41. The van der Waals surface area contributed by atoms with Gasteiger partial charge in [-0.25, -0.2) is 4.39 Å². The van der Waals surface area contributed by atoms with E-state index in [-0.39, 0.29) is 11.6 Å². The van der Waals surface area contributed by atoms with Crippen molar-refractivity contribution in [1.29, 1.82) is 0 Å². The van der Waals surface area contributed by atoms with Crippen LogP contribution in [0, 0.1) is 5.82 Å². The molecular formula is C13H17FN2O2S. The third-order valence-corrected chi connectivity index (χ3v) is 4.06. The number of nitrogens with two attached hydrogens (primary N) is 1. The molecule has 1 aromatic rings. The van der Waals surface area contributed by atoms with Crippen molar-refractivity contribution < 1.29 is 13.9 Å². The third-order valence-electron chi connectivity index (χ3n) is 2.80. The van der Waals surface area contributed by atoms with E-state index in [1.807, 2.05) is 11.8 Å². The van der Waals surface area contributed by atoms with E-state index in [2.05, 4.69) is 5.32 Å². The summed E-state index contributed by atoms with van der Waals surface area (Å²) in [6.45, 7) is 1.64. The molecule has 6 heteroatoms. The molecule has 1 aliphatic heterocycles. The SMILES string of the molecule is Nc1cc(F)ccc1NC(=O)CCCSC1COC1. The van der Waals surface area contributed by atoms with Gasteiger partial charge in [0.25, 0.3) is 0 Å². The Hall–Kier alpha value is -1.27. The maximum absolute atomic E-state index is 12.8. The Kier molecular flexibility index (Phi) is 5.04. The van der Waals surface area contributed by atoms with Gasteiger partial charge in [-0.3, -0.25) is 4.79 Å². The van der Waals surface area contributed by atoms with Gasteiger partial charge < -0.3 is 15.8 Å². The molecule has 1 fully saturated rings. The van der Waals surface area contributed by atoms with Gasteiger partial charge in [-0.2, -0.15) is 11.8 Å². The summed E-state index contributed by atoms with van der Waals surface area (Å²) in [6, 6.07) is 3.95. The Labute approximate surface area is 115 Å². The van der Waals surface area contributed by atoms with Crippen molar-refractivity contribution in [2.24, 2.45) is 0 Å². The van der Waals surface area contributed by atoms with Crippen LogP contribution in [0.3, 0.4) is 0 Å². The molecular weight excluding hydrogens is 267 g/mol. The standard InChI is InChI=1S/C13H17FN2O2S/c14-9-3-4-12(11(15)6-9)16-13(17)2-1-5-19-10-7-18-8-10/h3-4,6,10H,1-2,5,7-8,15H2,(H,16,17). The van der Waals surface area contributed by atoms with Crippen LogP contribution in [0.2, 0.25) is 0 Å². The molecule has 1 aromatic carbocycles. The highest BCUT2D eigenvalue weighted by Gasteiger charge is 2.18. The molecule has 0 unspecified atom stereocenters. The fraction of sp³-hybridized carbons (Fsp3) is 0.462. The third kappa shape index (κ3) is 4.40. The number of hydrogen-bond acceptors (Lipinski definition) is 4. The summed E-state index contributed by atoms with van der Waals surface area (Å²) in [4.78, 5) is 11.7. The summed E-state index contributed by atoms with van der Waals surface area (Å²) in [6.07, 6.45) is 1.26. The van der Waals surface area contributed by atoms with Crippen LogP contribution in [-0.4, -0.2) is 30.1 Å². The molecule has 0 bridgehead atoms. The fourth-order valence-corrected chi connectivity index (χ4v) is 2.68. The largest absolute Gasteiger partial charge is 0.397 e. The highest BCUT2D eigenvalue weighted by Crippen LogP contribution is 2.21. The van der Waals surface area contributed by atoms with E-state index in [4.69, 9.17) is 10.5 Å². The van der Waals surface area contributed by atoms with Crippen LogP contribution in [0.4, 0.5) is 15.8 Å². The van der Waals surface area contributed by atoms with Crippen molar-refractivity contribution in [2.45, 2.75) is 18.1 Å². The Morgan fingerprint density at radius 2 is 2.32 bits per heavy atom. The molecule has 1 amide bonds. The molecule has 1 aliphatic rings. The zero-order valence-electron chi connectivity index (χ0n) is 10.5. The number of carbonyl (C=O) groups is 1. The Morgan fingerprint density at radius 1 is 1.53 bits per heavy atom. The minimum Gasteiger partial charge on any atom is -0.397 e. The second-order valence-corrected chi connectivity index (χ2v) is 5.82. The zero-order valence-corrected chi connectivity index (χ0v) is 11.3. The summed E-state index contributed by atoms with van der Waals surface area (Å²) in [5.74, 6) is 0.443. The van der Waals surface area contributed by atoms with Gasteiger partial charge in [-0.05, 0) is 30.4 Å². The van der Waals surface area contributed by atoms with Gasteiger partial charge in [0.1, 0.15) is 5.82 Å². The smallest absolute Gasteiger partial charge is 0.224 e. The molecule has 0 atom stereocenters. The van der Waals surface area contributed by atoms with Gasteiger partial charge in [-0.1, -0.05) is 0 Å². The van der Waals surface area contributed by atoms with Gasteiger partial charge >= 0.3 is 0 Å². The maximum atomic E-state index is 12.8. The molecule has 2 rings (SSSR count). The zero-order chi connectivity index (χ0) is 13.7. The van der Waals surface area contributed by atoms with E-state index in [1.165, 1.54) is 18.2 Å². The highest BCUT2D eigenvalue weighted by molar-refractivity contribution is 8.00. The monoisotopic (exact) mass is 284 g/mol. The number of hydrogen-bond donors (Lipinski definition) is 2. The lowest BCUT2D eigenvalue weighted by molar-refractivity contribution is -0.116. The summed E-state index contributed by atoms with van der Waals surface area (Å²) in [5, 5.41) is 3.28. The van der Waals surface area contributed by atoms with E-state index in [9.17, 15) is 9.18 Å². The lowest BCUT2D eigenvalue weighted by Gasteiger charge is -2.25. The average Bonchev–Trinajstić information content (AvgIpc) is 2.30. The lowest BCUT2D eigenvalue weighted by Crippen LogP contribution is -2.30. The van der Waals surface area contributed by atoms with Crippen molar-refractivity contribution in [2.75, 3.05) is 30.0 Å². The molecule has 0 aliphatic carbocycles. The minimum atomic E-state index is -0.408. The summed E-state index contributed by atoms with van der Waals surface area (Å²) in [7, 11) is 0. The number of benzene rings is 1. The Balaban J connectivity index is 1.68. The van der Waals surface area contributed by atoms with E-state index < -0.39 is 5.82 Å². The second kappa shape index (κ2) is 6.77. The predicted molar refractivity (Wildman–Crippen MR) is 75.7 cm³/mol. The molecule has 0 radical (unpaired) electrons. The molecule has 0 spiro atoms. The summed E-state index contributed by atoms with van der Waals surface area (Å²) < 4.78 is 17.9. The van der Waals surface area contributed by atoms with Crippen LogP contribution in [0.1, 0.15) is 12.8 Å². The van der Waals surface area contributed by atoms with Crippen molar-refractivity contribution >= 4 is 29.0 Å². The normalized spacial score (nSPS) is 15.0. The lowest BCUT2D eigenvalue weighted by atomic mass is 10.2. The number of nitrogens with one attached hydrogen (secondary N) is 1. The molecule has 104 valence electrons. The number of amides is 1. The van der Waals surface area contributed by atoms with Crippen LogP contribution >= 0.6 is 11.8 Å². The molecule has 0 saturated carbocycles. The number of halogens is 1. The number of rotatable bonds is 6. The topological polar surface area (TPSA) is 64.3 Å². The van der Waals surface area contributed by atoms with E-state index in [0.29, 0.717) is 17.4 Å². The molecule has 3 N–H and O–H groups in total. The molecule has 1 saturated heterocycles. The first kappa shape index (κ1) is 14.1. The number of ether oxygens (including phenoxy) is 1. The van der Waals surface area contributed by atoms with Gasteiger partial charge in [0, 0.05) is 6.42 Å². The van der Waals surface area contributed by atoms with Crippen LogP contribution in [0.25, 0.3) is 0 Å². The van der Waals surface area contributed by atoms with E-state index in [1.54, 1.807) is 0 Å². The van der Waals surface area contributed by atoms with Crippen molar-refractivity contribution in [3.8, 4) is 0 Å². The van der Waals surface area contributed by atoms with E-state index >= 15 is 0 Å². The van der Waals surface area contributed by atoms with Gasteiger partial charge in [0.2, 0.25) is 5.91 Å². The predicted octanol–water partition coefficient (Wildman–Crippen LogP) is 2.26. The number of nitrogen functional groups attached to an aromatic ring is 1. The van der Waals surface area contributed by atoms with Crippen LogP contribution < -0.4 is 11.1 Å². The molecule has 1 heterocycles. The van der Waals surface area contributed by atoms with Crippen molar-refractivity contribution in [1.82, 2.24) is 0 Å². The molecule has 0 aromatic heterocycles. The van der Waals surface area contributed by atoms with Crippen LogP contribution in [-0.2, 0) is 9.53 Å². The number of anilines is 2. The first-order valence-electron chi connectivity index (χ1n) is 6.19. The molecule has 4 nitrogen and oxygen atoms in total. The summed E-state index contributed by atoms with van der Waals surface area (Å²) >= 11 is 1.84. The Morgan fingerprint density at radius 3 is 2.95 bits per heavy atom. The molecule has 19 heavy (non-hydrogen) atoms.